The SMILES string of the molecule is COc1ccccc1N(C)c1ncc(CO)cc1C. The molecule has 0 saturated carbocycles. The number of aliphatic hydroxyl groups is 1. The van der Waals surface area contributed by atoms with Gasteiger partial charge in [0.1, 0.15) is 11.6 Å². The van der Waals surface area contributed by atoms with Gasteiger partial charge in [-0.25, -0.2) is 4.98 Å². The summed E-state index contributed by atoms with van der Waals surface area (Å²) in [4.78, 5) is 6.39. The number of rotatable bonds is 4. The van der Waals surface area contributed by atoms with Gasteiger partial charge < -0.3 is 14.7 Å². The van der Waals surface area contributed by atoms with E-state index in [1.165, 1.54) is 0 Å². The third-order valence-electron chi connectivity index (χ3n) is 3.05. The summed E-state index contributed by atoms with van der Waals surface area (Å²) in [7, 11) is 3.60. The first kappa shape index (κ1) is 13.4. The number of nitrogens with zero attached hydrogens (tertiary/aromatic N) is 2. The highest BCUT2D eigenvalue weighted by Gasteiger charge is 2.12. The van der Waals surface area contributed by atoms with Crippen molar-refractivity contribution >= 4 is 11.5 Å². The summed E-state index contributed by atoms with van der Waals surface area (Å²) in [6, 6.07) is 9.74. The Kier molecular flexibility index (Phi) is 4.02. The van der Waals surface area contributed by atoms with Gasteiger partial charge in [0.05, 0.1) is 19.4 Å². The third-order valence-corrected chi connectivity index (χ3v) is 3.05. The van der Waals surface area contributed by atoms with Crippen molar-refractivity contribution in [1.82, 2.24) is 4.98 Å². The molecule has 4 nitrogen and oxygen atoms in total. The molecule has 100 valence electrons. The molecule has 0 unspecified atom stereocenters. The molecular weight excluding hydrogens is 240 g/mol. The normalized spacial score (nSPS) is 10.3. The van der Waals surface area contributed by atoms with Gasteiger partial charge in [-0.3, -0.25) is 0 Å². The quantitative estimate of drug-likeness (QED) is 0.915. The minimum Gasteiger partial charge on any atom is -0.495 e. The summed E-state index contributed by atoms with van der Waals surface area (Å²) in [5.74, 6) is 1.65. The molecule has 0 spiro atoms. The van der Waals surface area contributed by atoms with E-state index in [0.29, 0.717) is 0 Å². The van der Waals surface area contributed by atoms with E-state index in [4.69, 9.17) is 9.84 Å². The summed E-state index contributed by atoms with van der Waals surface area (Å²) in [5.41, 5.74) is 2.78. The Hall–Kier alpha value is -2.07. The number of benzene rings is 1. The van der Waals surface area contributed by atoms with Crippen molar-refractivity contribution in [3.8, 4) is 5.75 Å². The molecule has 1 N–H and O–H groups in total. The highest BCUT2D eigenvalue weighted by Crippen LogP contribution is 2.32. The molecule has 2 rings (SSSR count). The lowest BCUT2D eigenvalue weighted by molar-refractivity contribution is 0.281. The monoisotopic (exact) mass is 258 g/mol. The van der Waals surface area contributed by atoms with Gasteiger partial charge in [0.25, 0.3) is 0 Å². The molecule has 0 atom stereocenters. The van der Waals surface area contributed by atoms with Crippen LogP contribution in [0.5, 0.6) is 5.75 Å². The van der Waals surface area contributed by atoms with E-state index in [9.17, 15) is 0 Å². The number of pyridine rings is 1. The molecule has 0 saturated heterocycles. The molecule has 0 aliphatic carbocycles. The Balaban J connectivity index is 2.41. The topological polar surface area (TPSA) is 45.6 Å². The van der Waals surface area contributed by atoms with Crippen LogP contribution in [0.3, 0.4) is 0 Å². The van der Waals surface area contributed by atoms with Crippen LogP contribution in [0.25, 0.3) is 0 Å². The molecule has 4 heteroatoms. The van der Waals surface area contributed by atoms with Gasteiger partial charge in [0.2, 0.25) is 0 Å². The van der Waals surface area contributed by atoms with Gasteiger partial charge in [0, 0.05) is 13.2 Å². The van der Waals surface area contributed by atoms with Crippen LogP contribution in [0.2, 0.25) is 0 Å². The van der Waals surface area contributed by atoms with Gasteiger partial charge in [-0.2, -0.15) is 0 Å². The van der Waals surface area contributed by atoms with E-state index < -0.39 is 0 Å². The van der Waals surface area contributed by atoms with Crippen molar-refractivity contribution < 1.29 is 9.84 Å². The van der Waals surface area contributed by atoms with Crippen molar-refractivity contribution in [2.45, 2.75) is 13.5 Å². The number of hydrogen-bond acceptors (Lipinski definition) is 4. The molecule has 1 aromatic carbocycles. The molecule has 1 heterocycles. The van der Waals surface area contributed by atoms with Gasteiger partial charge in [-0.1, -0.05) is 12.1 Å². The first-order valence-electron chi connectivity index (χ1n) is 6.10. The van der Waals surface area contributed by atoms with Crippen LogP contribution in [-0.4, -0.2) is 24.2 Å². The maximum Gasteiger partial charge on any atom is 0.142 e. The largest absolute Gasteiger partial charge is 0.495 e. The number of anilines is 2. The summed E-state index contributed by atoms with van der Waals surface area (Å²) >= 11 is 0. The van der Waals surface area contributed by atoms with Gasteiger partial charge in [-0.15, -0.1) is 0 Å². The lowest BCUT2D eigenvalue weighted by Gasteiger charge is -2.22. The average Bonchev–Trinajstić information content (AvgIpc) is 2.46. The highest BCUT2D eigenvalue weighted by molar-refractivity contribution is 5.68. The van der Waals surface area contributed by atoms with E-state index in [0.717, 1.165) is 28.4 Å². The van der Waals surface area contributed by atoms with Gasteiger partial charge in [0.15, 0.2) is 0 Å². The summed E-state index contributed by atoms with van der Waals surface area (Å²) in [6.45, 7) is 1.99. The lowest BCUT2D eigenvalue weighted by Crippen LogP contribution is -2.14. The van der Waals surface area contributed by atoms with Crippen LogP contribution in [0.1, 0.15) is 11.1 Å². The van der Waals surface area contributed by atoms with Crippen LogP contribution in [-0.2, 0) is 6.61 Å². The Morgan fingerprint density at radius 3 is 2.68 bits per heavy atom. The van der Waals surface area contributed by atoms with Crippen LogP contribution >= 0.6 is 0 Å². The fourth-order valence-electron chi connectivity index (χ4n) is 2.08. The number of hydrogen-bond donors (Lipinski definition) is 1. The molecular formula is C15H18N2O2. The first-order chi connectivity index (χ1) is 9.17. The molecule has 0 bridgehead atoms. The van der Waals surface area contributed by atoms with Crippen molar-refractivity contribution in [2.75, 3.05) is 19.1 Å². The summed E-state index contributed by atoms with van der Waals surface area (Å²) in [5, 5.41) is 9.12. The summed E-state index contributed by atoms with van der Waals surface area (Å²) in [6.07, 6.45) is 1.69. The standard InChI is InChI=1S/C15H18N2O2/c1-11-8-12(10-18)9-16-15(11)17(2)13-6-4-5-7-14(13)19-3/h4-9,18H,10H2,1-3H3. The number of ether oxygens (including phenoxy) is 1. The number of para-hydroxylation sites is 2. The maximum atomic E-state index is 9.12. The zero-order chi connectivity index (χ0) is 13.8. The van der Waals surface area contributed by atoms with Crippen molar-refractivity contribution in [2.24, 2.45) is 0 Å². The Bertz CT molecular complexity index is 570. The molecule has 0 aliphatic heterocycles. The molecule has 19 heavy (non-hydrogen) atoms. The Labute approximate surface area is 113 Å². The maximum absolute atomic E-state index is 9.12. The number of aryl methyl sites for hydroxylation is 1. The van der Waals surface area contributed by atoms with Crippen LogP contribution in [0.4, 0.5) is 11.5 Å². The van der Waals surface area contributed by atoms with Crippen LogP contribution in [0.15, 0.2) is 36.5 Å². The number of aliphatic hydroxyl groups excluding tert-OH is 1. The summed E-state index contributed by atoms with van der Waals surface area (Å²) < 4.78 is 5.36. The van der Waals surface area contributed by atoms with E-state index >= 15 is 0 Å². The Morgan fingerprint density at radius 2 is 2.05 bits per heavy atom. The molecule has 0 fully saturated rings. The van der Waals surface area contributed by atoms with Crippen molar-refractivity contribution in [1.29, 1.82) is 0 Å². The zero-order valence-electron chi connectivity index (χ0n) is 11.4. The minimum atomic E-state index is 0.00644. The van der Waals surface area contributed by atoms with Crippen molar-refractivity contribution in [3.63, 3.8) is 0 Å². The molecule has 0 amide bonds. The first-order valence-corrected chi connectivity index (χ1v) is 6.10. The second-order valence-corrected chi connectivity index (χ2v) is 4.37. The van der Waals surface area contributed by atoms with E-state index in [1.807, 2.05) is 49.2 Å². The highest BCUT2D eigenvalue weighted by atomic mass is 16.5. The predicted octanol–water partition coefficient (Wildman–Crippen LogP) is 2.66. The Morgan fingerprint density at radius 1 is 1.32 bits per heavy atom. The van der Waals surface area contributed by atoms with Gasteiger partial charge in [-0.05, 0) is 36.2 Å². The minimum absolute atomic E-state index is 0.00644. The molecule has 0 radical (unpaired) electrons. The lowest BCUT2D eigenvalue weighted by atomic mass is 10.2. The third kappa shape index (κ3) is 2.69. The fraction of sp³-hybridized carbons (Fsp3) is 0.267. The molecule has 0 aliphatic rings. The predicted molar refractivity (Wildman–Crippen MR) is 76.0 cm³/mol. The second kappa shape index (κ2) is 5.71. The second-order valence-electron chi connectivity index (χ2n) is 4.37. The smallest absolute Gasteiger partial charge is 0.142 e. The van der Waals surface area contributed by atoms with E-state index in [-0.39, 0.29) is 6.61 Å². The number of methoxy groups -OCH3 is 1. The molecule has 1 aromatic heterocycles. The van der Waals surface area contributed by atoms with Crippen molar-refractivity contribution in [3.05, 3.63) is 47.7 Å². The van der Waals surface area contributed by atoms with E-state index in [2.05, 4.69) is 4.98 Å². The van der Waals surface area contributed by atoms with Gasteiger partial charge >= 0.3 is 0 Å². The van der Waals surface area contributed by atoms with Crippen LogP contribution < -0.4 is 9.64 Å². The van der Waals surface area contributed by atoms with E-state index in [1.54, 1.807) is 13.3 Å². The van der Waals surface area contributed by atoms with Crippen LogP contribution in [0, 0.1) is 6.92 Å². The average molecular weight is 258 g/mol. The fourth-order valence-corrected chi connectivity index (χ4v) is 2.08. The number of aromatic nitrogens is 1. The molecule has 2 aromatic rings. The zero-order valence-corrected chi connectivity index (χ0v) is 11.4.